The molecule has 0 spiro atoms. The lowest BCUT2D eigenvalue weighted by atomic mass is 9.78. The summed E-state index contributed by atoms with van der Waals surface area (Å²) in [5.41, 5.74) is 9.25. The van der Waals surface area contributed by atoms with Crippen LogP contribution in [0.4, 0.5) is 0 Å². The smallest absolute Gasteiger partial charge is 0.0547 e. The molecule has 0 N–H and O–H groups in total. The molecule has 170 valence electrons. The van der Waals surface area contributed by atoms with E-state index in [2.05, 4.69) is 134 Å². The van der Waals surface area contributed by atoms with E-state index >= 15 is 0 Å². The summed E-state index contributed by atoms with van der Waals surface area (Å²) in [7, 11) is 0. The molecule has 1 aromatic heterocycles. The second kappa shape index (κ2) is 6.86. The molecule has 1 aliphatic rings. The van der Waals surface area contributed by atoms with Gasteiger partial charge in [0, 0.05) is 21.9 Å². The van der Waals surface area contributed by atoms with Crippen molar-refractivity contribution in [3.05, 3.63) is 126 Å². The molecule has 1 aliphatic carbocycles. The van der Waals surface area contributed by atoms with Crippen LogP contribution >= 0.6 is 0 Å². The third-order valence-corrected chi connectivity index (χ3v) is 8.31. The molecule has 7 aromatic rings. The van der Waals surface area contributed by atoms with Crippen LogP contribution in [0.15, 0.2) is 115 Å². The largest absolute Gasteiger partial charge is 0.309 e. The van der Waals surface area contributed by atoms with Gasteiger partial charge in [-0.3, -0.25) is 0 Å². The van der Waals surface area contributed by atoms with Gasteiger partial charge < -0.3 is 4.57 Å². The number of aromatic nitrogens is 1. The lowest BCUT2D eigenvalue weighted by Gasteiger charge is -2.24. The van der Waals surface area contributed by atoms with Crippen molar-refractivity contribution >= 4 is 43.4 Å². The number of hydrogen-bond acceptors (Lipinski definition) is 0. The number of fused-ring (bicyclic) bond motifs is 11. The molecule has 0 amide bonds. The number of hydrogen-bond donors (Lipinski definition) is 0. The fourth-order valence-corrected chi connectivity index (χ4v) is 6.89. The van der Waals surface area contributed by atoms with Crippen molar-refractivity contribution in [2.24, 2.45) is 0 Å². The van der Waals surface area contributed by atoms with Crippen molar-refractivity contribution in [1.82, 2.24) is 4.57 Å². The Morgan fingerprint density at radius 2 is 1.03 bits per heavy atom. The first-order chi connectivity index (χ1) is 17.6. The van der Waals surface area contributed by atoms with Gasteiger partial charge in [0.05, 0.1) is 11.0 Å². The zero-order valence-corrected chi connectivity index (χ0v) is 20.4. The van der Waals surface area contributed by atoms with Crippen molar-refractivity contribution in [3.8, 4) is 16.8 Å². The summed E-state index contributed by atoms with van der Waals surface area (Å²) in [4.78, 5) is 0. The maximum Gasteiger partial charge on any atom is 0.0547 e. The summed E-state index contributed by atoms with van der Waals surface area (Å²) < 4.78 is 2.45. The van der Waals surface area contributed by atoms with Gasteiger partial charge in [0.15, 0.2) is 0 Å². The number of nitrogens with zero attached hydrogens (tertiary/aromatic N) is 1. The van der Waals surface area contributed by atoms with Crippen LogP contribution in [-0.2, 0) is 5.41 Å². The van der Waals surface area contributed by atoms with Crippen LogP contribution in [0.3, 0.4) is 0 Å². The summed E-state index contributed by atoms with van der Waals surface area (Å²) in [6.07, 6.45) is 0. The first kappa shape index (κ1) is 19.9. The average Bonchev–Trinajstić information content (AvgIpc) is 3.38. The van der Waals surface area contributed by atoms with Crippen LogP contribution in [0.5, 0.6) is 0 Å². The van der Waals surface area contributed by atoms with Gasteiger partial charge in [-0.25, -0.2) is 0 Å². The van der Waals surface area contributed by atoms with E-state index < -0.39 is 0 Å². The van der Waals surface area contributed by atoms with Crippen LogP contribution in [0.1, 0.15) is 25.0 Å². The molecule has 0 fully saturated rings. The maximum atomic E-state index is 2.45. The maximum absolute atomic E-state index is 2.45. The molecule has 1 heteroatoms. The lowest BCUT2D eigenvalue weighted by Crippen LogP contribution is -2.16. The van der Waals surface area contributed by atoms with E-state index in [4.69, 9.17) is 0 Å². The normalized spacial score (nSPS) is 14.1. The Bertz CT molecular complexity index is 2000. The van der Waals surface area contributed by atoms with Crippen LogP contribution in [0.2, 0.25) is 0 Å². The molecule has 0 atom stereocenters. The zero-order valence-electron chi connectivity index (χ0n) is 20.4. The molecular weight excluding hydrogens is 434 g/mol. The Hall–Kier alpha value is -4.36. The molecule has 36 heavy (non-hydrogen) atoms. The predicted octanol–water partition coefficient (Wildman–Crippen LogP) is 9.40. The van der Waals surface area contributed by atoms with E-state index in [1.54, 1.807) is 0 Å². The molecule has 0 saturated carbocycles. The highest BCUT2D eigenvalue weighted by atomic mass is 15.0. The van der Waals surface area contributed by atoms with Gasteiger partial charge in [0.1, 0.15) is 0 Å². The van der Waals surface area contributed by atoms with Gasteiger partial charge in [-0.1, -0.05) is 105 Å². The minimum absolute atomic E-state index is 0.127. The second-order valence-electron chi connectivity index (χ2n) is 10.6. The number of rotatable bonds is 1. The predicted molar refractivity (Wildman–Crippen MR) is 153 cm³/mol. The highest BCUT2D eigenvalue weighted by Crippen LogP contribution is 2.55. The Morgan fingerprint density at radius 3 is 1.83 bits per heavy atom. The van der Waals surface area contributed by atoms with Gasteiger partial charge in [0.2, 0.25) is 0 Å². The van der Waals surface area contributed by atoms with E-state index in [0.29, 0.717) is 0 Å². The van der Waals surface area contributed by atoms with E-state index in [-0.39, 0.29) is 5.41 Å². The Kier molecular flexibility index (Phi) is 3.79. The first-order valence-corrected chi connectivity index (χ1v) is 12.7. The van der Waals surface area contributed by atoms with Gasteiger partial charge in [-0.15, -0.1) is 0 Å². The third kappa shape index (κ3) is 2.40. The van der Waals surface area contributed by atoms with Crippen molar-refractivity contribution in [1.29, 1.82) is 0 Å². The van der Waals surface area contributed by atoms with E-state index in [1.807, 2.05) is 0 Å². The lowest BCUT2D eigenvalue weighted by molar-refractivity contribution is 0.672. The number of para-hydroxylation sites is 1. The van der Waals surface area contributed by atoms with Gasteiger partial charge in [0.25, 0.3) is 0 Å². The van der Waals surface area contributed by atoms with Crippen LogP contribution < -0.4 is 0 Å². The fraction of sp³-hybridized carbons (Fsp3) is 0.0857. The minimum atomic E-state index is -0.127. The first-order valence-electron chi connectivity index (χ1n) is 12.7. The molecule has 8 rings (SSSR count). The summed E-state index contributed by atoms with van der Waals surface area (Å²) in [6, 6.07) is 42.4. The minimum Gasteiger partial charge on any atom is -0.309 e. The summed E-state index contributed by atoms with van der Waals surface area (Å²) in [5.74, 6) is 0. The molecule has 0 unspecified atom stereocenters. The topological polar surface area (TPSA) is 4.93 Å². The summed E-state index contributed by atoms with van der Waals surface area (Å²) >= 11 is 0. The molecule has 0 bridgehead atoms. The highest BCUT2D eigenvalue weighted by molar-refractivity contribution is 6.24. The highest BCUT2D eigenvalue weighted by Gasteiger charge is 2.39. The Balaban J connectivity index is 1.62. The van der Waals surface area contributed by atoms with Crippen LogP contribution in [-0.4, -0.2) is 4.57 Å². The van der Waals surface area contributed by atoms with E-state index in [1.165, 1.54) is 71.3 Å². The summed E-state index contributed by atoms with van der Waals surface area (Å²) in [6.45, 7) is 4.83. The monoisotopic (exact) mass is 459 g/mol. The second-order valence-corrected chi connectivity index (χ2v) is 10.6. The van der Waals surface area contributed by atoms with Crippen LogP contribution in [0, 0.1) is 0 Å². The SMILES string of the molecule is CC1(C)c2c(ccc3ccccc23)-c2ccc3c(c21)c1c2ccccc2ccc1n3-c1ccccc1. The van der Waals surface area contributed by atoms with E-state index in [9.17, 15) is 0 Å². The van der Waals surface area contributed by atoms with Gasteiger partial charge in [-0.2, -0.15) is 0 Å². The average molecular weight is 460 g/mol. The molecule has 1 nitrogen and oxygen atoms in total. The molecular formula is C35H25N. The Labute approximate surface area is 210 Å². The molecule has 1 heterocycles. The Morgan fingerprint density at radius 1 is 0.472 bits per heavy atom. The quantitative estimate of drug-likeness (QED) is 0.230. The van der Waals surface area contributed by atoms with E-state index in [0.717, 1.165) is 0 Å². The molecule has 6 aromatic carbocycles. The van der Waals surface area contributed by atoms with Crippen molar-refractivity contribution in [2.45, 2.75) is 19.3 Å². The standard InChI is InChI=1S/C35H25N/c1-35(2)33-26-15-9-7-11-23(26)16-18-27(33)28-19-21-30-32(34(28)35)31-25-14-8-6-10-22(25)17-20-29(31)36(30)24-12-4-3-5-13-24/h3-21H,1-2H3. The van der Waals surface area contributed by atoms with Crippen LogP contribution in [0.25, 0.3) is 60.2 Å². The molecule has 0 radical (unpaired) electrons. The van der Waals surface area contributed by atoms with Gasteiger partial charge in [-0.05, 0) is 68.1 Å². The fourth-order valence-electron chi connectivity index (χ4n) is 6.89. The molecule has 0 aliphatic heterocycles. The molecule has 0 saturated heterocycles. The van der Waals surface area contributed by atoms with Crippen molar-refractivity contribution < 1.29 is 0 Å². The summed E-state index contributed by atoms with van der Waals surface area (Å²) in [5, 5.41) is 8.02. The number of benzene rings is 6. The van der Waals surface area contributed by atoms with Crippen molar-refractivity contribution in [3.63, 3.8) is 0 Å². The zero-order chi connectivity index (χ0) is 24.0. The van der Waals surface area contributed by atoms with Gasteiger partial charge >= 0.3 is 0 Å². The third-order valence-electron chi connectivity index (χ3n) is 8.31. The van der Waals surface area contributed by atoms with Crippen molar-refractivity contribution in [2.75, 3.05) is 0 Å².